The number of aryl methyl sites for hydroxylation is 2. The lowest BCUT2D eigenvalue weighted by atomic mass is 10.2. The van der Waals surface area contributed by atoms with E-state index in [4.69, 9.17) is 0 Å². The van der Waals surface area contributed by atoms with E-state index in [1.165, 1.54) is 6.33 Å². The van der Waals surface area contributed by atoms with E-state index in [-0.39, 0.29) is 5.91 Å². The number of hydrogen-bond donors (Lipinski definition) is 1. The molecule has 8 nitrogen and oxygen atoms in total. The number of amides is 1. The molecule has 0 radical (unpaired) electrons. The number of carbonyl (C=O) groups excluding carboxylic acids is 1. The largest absolute Gasteiger partial charge is 0.321 e. The van der Waals surface area contributed by atoms with Crippen LogP contribution in [0.3, 0.4) is 0 Å². The van der Waals surface area contributed by atoms with Crippen LogP contribution in [0.25, 0.3) is 22.7 Å². The van der Waals surface area contributed by atoms with Crippen LogP contribution in [0.5, 0.6) is 0 Å². The molecule has 0 aliphatic rings. The van der Waals surface area contributed by atoms with Crippen LogP contribution >= 0.6 is 0 Å². The summed E-state index contributed by atoms with van der Waals surface area (Å²) in [4.78, 5) is 21.7. The first-order valence-corrected chi connectivity index (χ1v) is 9.79. The first-order chi connectivity index (χ1) is 15.1. The minimum atomic E-state index is -0.292. The van der Waals surface area contributed by atoms with Gasteiger partial charge in [0.15, 0.2) is 17.2 Å². The number of hydrogen-bond acceptors (Lipinski definition) is 5. The maximum atomic E-state index is 13.0. The summed E-state index contributed by atoms with van der Waals surface area (Å²) in [6, 6.07) is 18.9. The van der Waals surface area contributed by atoms with Gasteiger partial charge in [-0.2, -0.15) is 10.2 Å². The van der Waals surface area contributed by atoms with Gasteiger partial charge in [-0.1, -0.05) is 18.2 Å². The summed E-state index contributed by atoms with van der Waals surface area (Å²) in [6.07, 6.45) is 3.35. The monoisotopic (exact) mass is 409 g/mol. The Morgan fingerprint density at radius 3 is 2.71 bits per heavy atom. The van der Waals surface area contributed by atoms with Crippen LogP contribution in [-0.2, 0) is 0 Å². The second-order valence-corrected chi connectivity index (χ2v) is 7.27. The molecule has 8 heteroatoms. The molecule has 0 unspecified atom stereocenters. The number of pyridine rings is 2. The third-order valence-electron chi connectivity index (χ3n) is 4.88. The Kier molecular flexibility index (Phi) is 4.51. The molecule has 5 rings (SSSR count). The van der Waals surface area contributed by atoms with E-state index in [2.05, 4.69) is 25.5 Å². The fraction of sp³-hybridized carbons (Fsp3) is 0.0870. The van der Waals surface area contributed by atoms with Crippen molar-refractivity contribution >= 4 is 17.2 Å². The molecule has 152 valence electrons. The lowest BCUT2D eigenvalue weighted by Gasteiger charge is -2.07. The Morgan fingerprint density at radius 2 is 1.87 bits per heavy atom. The maximum absolute atomic E-state index is 13.0. The molecular formula is C23H19N7O. The molecule has 5 aromatic rings. The molecule has 0 bridgehead atoms. The molecule has 1 aromatic carbocycles. The normalized spacial score (nSPS) is 11.0. The molecule has 0 spiro atoms. The summed E-state index contributed by atoms with van der Waals surface area (Å²) in [5.74, 6) is 0.336. The number of carbonyl (C=O) groups is 1. The van der Waals surface area contributed by atoms with E-state index in [1.807, 2.05) is 74.6 Å². The highest BCUT2D eigenvalue weighted by Gasteiger charge is 2.18. The standard InChI is InChI=1S/C23H19N7O/c1-15-5-3-7-18(11-15)27-23(31)19-12-20(17-9-10-21-24-14-25-29(21)13-17)30(28-19)22-8-4-6-16(2)26-22/h3-14H,1-2H3,(H,27,31). The quantitative estimate of drug-likeness (QED) is 0.487. The van der Waals surface area contributed by atoms with Gasteiger partial charge >= 0.3 is 0 Å². The Hall–Kier alpha value is -4.33. The van der Waals surface area contributed by atoms with Crippen molar-refractivity contribution in [1.29, 1.82) is 0 Å². The van der Waals surface area contributed by atoms with Crippen molar-refractivity contribution in [1.82, 2.24) is 29.4 Å². The van der Waals surface area contributed by atoms with Crippen LogP contribution < -0.4 is 5.32 Å². The number of rotatable bonds is 4. The van der Waals surface area contributed by atoms with Gasteiger partial charge < -0.3 is 5.32 Å². The van der Waals surface area contributed by atoms with Crippen LogP contribution in [-0.4, -0.2) is 35.3 Å². The fourth-order valence-corrected chi connectivity index (χ4v) is 3.41. The molecular weight excluding hydrogens is 390 g/mol. The van der Waals surface area contributed by atoms with Gasteiger partial charge in [0.2, 0.25) is 0 Å². The molecule has 0 aliphatic carbocycles. The SMILES string of the molecule is Cc1cccc(NC(=O)c2cc(-c3ccc4ncnn4c3)n(-c3cccc(C)n3)n2)c1. The Bertz CT molecular complexity index is 1420. The minimum absolute atomic E-state index is 0.290. The highest BCUT2D eigenvalue weighted by atomic mass is 16.2. The molecule has 4 heterocycles. The first-order valence-electron chi connectivity index (χ1n) is 9.79. The Morgan fingerprint density at radius 1 is 1.00 bits per heavy atom. The van der Waals surface area contributed by atoms with Gasteiger partial charge in [0.05, 0.1) is 5.69 Å². The van der Waals surface area contributed by atoms with Crippen LogP contribution in [0.15, 0.2) is 73.2 Å². The Balaban J connectivity index is 1.60. The molecule has 0 saturated heterocycles. The summed E-state index contributed by atoms with van der Waals surface area (Å²) in [6.45, 7) is 3.89. The van der Waals surface area contributed by atoms with E-state index in [1.54, 1.807) is 15.3 Å². The second-order valence-electron chi connectivity index (χ2n) is 7.27. The van der Waals surface area contributed by atoms with E-state index < -0.39 is 0 Å². The van der Waals surface area contributed by atoms with Gasteiger partial charge in [-0.15, -0.1) is 0 Å². The number of anilines is 1. The number of aromatic nitrogens is 6. The number of nitrogens with zero attached hydrogens (tertiary/aromatic N) is 6. The summed E-state index contributed by atoms with van der Waals surface area (Å²) < 4.78 is 3.36. The average molecular weight is 409 g/mol. The summed E-state index contributed by atoms with van der Waals surface area (Å²) in [5, 5.41) is 11.7. The highest BCUT2D eigenvalue weighted by molar-refractivity contribution is 6.03. The Labute approximate surface area is 178 Å². The number of nitrogens with one attached hydrogen (secondary N) is 1. The van der Waals surface area contributed by atoms with Gasteiger partial charge in [-0.25, -0.2) is 19.2 Å². The fourth-order valence-electron chi connectivity index (χ4n) is 3.41. The van der Waals surface area contributed by atoms with Crippen molar-refractivity contribution in [2.75, 3.05) is 5.32 Å². The summed E-state index contributed by atoms with van der Waals surface area (Å²) >= 11 is 0. The molecule has 0 saturated carbocycles. The summed E-state index contributed by atoms with van der Waals surface area (Å²) in [5.41, 5.74) is 5.23. The van der Waals surface area contributed by atoms with Crippen LogP contribution in [0.2, 0.25) is 0 Å². The van der Waals surface area contributed by atoms with Crippen molar-refractivity contribution in [2.24, 2.45) is 0 Å². The number of fused-ring (bicyclic) bond motifs is 1. The zero-order chi connectivity index (χ0) is 21.4. The maximum Gasteiger partial charge on any atom is 0.276 e. The van der Waals surface area contributed by atoms with Gasteiger partial charge in [0.25, 0.3) is 5.91 Å². The zero-order valence-corrected chi connectivity index (χ0v) is 17.0. The van der Waals surface area contributed by atoms with E-state index in [0.29, 0.717) is 11.5 Å². The average Bonchev–Trinajstić information content (AvgIpc) is 3.40. The minimum Gasteiger partial charge on any atom is -0.321 e. The first kappa shape index (κ1) is 18.7. The second kappa shape index (κ2) is 7.49. The van der Waals surface area contributed by atoms with Gasteiger partial charge in [-0.3, -0.25) is 4.79 Å². The van der Waals surface area contributed by atoms with Crippen molar-refractivity contribution < 1.29 is 4.79 Å². The lowest BCUT2D eigenvalue weighted by Crippen LogP contribution is -2.13. The van der Waals surface area contributed by atoms with Crippen LogP contribution in [0.4, 0.5) is 5.69 Å². The molecule has 0 fully saturated rings. The van der Waals surface area contributed by atoms with Crippen molar-refractivity contribution in [2.45, 2.75) is 13.8 Å². The molecule has 4 aromatic heterocycles. The lowest BCUT2D eigenvalue weighted by molar-refractivity contribution is 0.102. The molecule has 1 amide bonds. The predicted molar refractivity (Wildman–Crippen MR) is 117 cm³/mol. The van der Waals surface area contributed by atoms with Crippen LogP contribution in [0, 0.1) is 13.8 Å². The number of benzene rings is 1. The summed E-state index contributed by atoms with van der Waals surface area (Å²) in [7, 11) is 0. The van der Waals surface area contributed by atoms with E-state index in [0.717, 1.165) is 33.8 Å². The molecule has 0 atom stereocenters. The van der Waals surface area contributed by atoms with E-state index >= 15 is 0 Å². The highest BCUT2D eigenvalue weighted by Crippen LogP contribution is 2.24. The van der Waals surface area contributed by atoms with Gasteiger partial charge in [0.1, 0.15) is 6.33 Å². The third-order valence-corrected chi connectivity index (χ3v) is 4.88. The van der Waals surface area contributed by atoms with Crippen LogP contribution in [0.1, 0.15) is 21.7 Å². The topological polar surface area (TPSA) is 90.0 Å². The third kappa shape index (κ3) is 3.66. The van der Waals surface area contributed by atoms with Gasteiger partial charge in [-0.05, 0) is 61.9 Å². The zero-order valence-electron chi connectivity index (χ0n) is 17.0. The van der Waals surface area contributed by atoms with Crippen molar-refractivity contribution in [3.8, 4) is 17.1 Å². The molecule has 0 aliphatic heterocycles. The molecule has 31 heavy (non-hydrogen) atoms. The van der Waals surface area contributed by atoms with Crippen molar-refractivity contribution in [3.63, 3.8) is 0 Å². The smallest absolute Gasteiger partial charge is 0.276 e. The van der Waals surface area contributed by atoms with E-state index in [9.17, 15) is 4.79 Å². The van der Waals surface area contributed by atoms with Gasteiger partial charge in [0, 0.05) is 23.1 Å². The molecule has 1 N–H and O–H groups in total. The predicted octanol–water partition coefficient (Wildman–Crippen LogP) is 3.85. The van der Waals surface area contributed by atoms with Crippen molar-refractivity contribution in [3.05, 3.63) is 90.1 Å².